The fraction of sp³-hybridized carbons (Fsp3) is 0.281. The van der Waals surface area contributed by atoms with Crippen molar-refractivity contribution in [2.24, 2.45) is 0 Å². The Morgan fingerprint density at radius 3 is 2.49 bits per heavy atom. The van der Waals surface area contributed by atoms with Gasteiger partial charge in [0.15, 0.2) is 0 Å². The third-order valence-corrected chi connectivity index (χ3v) is 7.45. The van der Waals surface area contributed by atoms with Crippen LogP contribution in [0.2, 0.25) is 0 Å². The summed E-state index contributed by atoms with van der Waals surface area (Å²) in [5.41, 5.74) is 7.66. The normalized spacial score (nSPS) is 14.2. The minimum absolute atomic E-state index is 0.416. The van der Waals surface area contributed by atoms with E-state index in [-0.39, 0.29) is 0 Å². The number of thiazole rings is 1. The SMILES string of the molecule is C=CCCC(=C)c1ccc(CC)c(CC)c1.CNc1sc(C2C=CC=CC2)nc1-c1ccccc1. The molecule has 1 atom stereocenters. The molecule has 3 aromatic rings. The first-order chi connectivity index (χ1) is 17.1. The molecule has 0 bridgehead atoms. The van der Waals surface area contributed by atoms with Crippen LogP contribution < -0.4 is 5.32 Å². The molecule has 0 radical (unpaired) electrons. The molecule has 0 saturated carbocycles. The average Bonchev–Trinajstić information content (AvgIpc) is 3.37. The zero-order valence-electron chi connectivity index (χ0n) is 21.4. The predicted molar refractivity (Wildman–Crippen MR) is 156 cm³/mol. The summed E-state index contributed by atoms with van der Waals surface area (Å²) >= 11 is 1.75. The maximum atomic E-state index is 4.85. The molecule has 0 aliphatic heterocycles. The van der Waals surface area contributed by atoms with Gasteiger partial charge >= 0.3 is 0 Å². The van der Waals surface area contributed by atoms with E-state index in [1.165, 1.54) is 32.8 Å². The molecular weight excluding hydrogens is 444 g/mol. The van der Waals surface area contributed by atoms with Crippen molar-refractivity contribution in [3.05, 3.63) is 114 Å². The molecule has 1 aliphatic carbocycles. The summed E-state index contributed by atoms with van der Waals surface area (Å²) in [7, 11) is 1.96. The summed E-state index contributed by atoms with van der Waals surface area (Å²) in [6.45, 7) is 12.3. The van der Waals surface area contributed by atoms with E-state index < -0.39 is 0 Å². The van der Waals surface area contributed by atoms with Gasteiger partial charge in [-0.2, -0.15) is 0 Å². The van der Waals surface area contributed by atoms with E-state index in [0.29, 0.717) is 5.92 Å². The second-order valence-corrected chi connectivity index (χ2v) is 9.65. The predicted octanol–water partition coefficient (Wildman–Crippen LogP) is 9.24. The minimum atomic E-state index is 0.416. The maximum absolute atomic E-state index is 4.85. The summed E-state index contributed by atoms with van der Waals surface area (Å²) in [6.07, 6.45) is 15.9. The fourth-order valence-corrected chi connectivity index (χ4v) is 5.20. The molecule has 0 fully saturated rings. The van der Waals surface area contributed by atoms with Crippen molar-refractivity contribution in [2.45, 2.75) is 51.9 Å². The standard InChI is InChI=1S/C16H16N2S.C16H22/c1-17-16-14(12-8-4-2-5-9-12)18-15(19-16)13-10-6-3-7-11-13;1-5-8-9-13(4)16-11-10-14(6-2)15(7-3)12-16/h2-10,13,17H,11H2,1H3;5,10-12H,1,4,6-9H2,2-3H3. The lowest BCUT2D eigenvalue weighted by atomic mass is 9.95. The minimum Gasteiger partial charge on any atom is -0.378 e. The van der Waals surface area contributed by atoms with Crippen molar-refractivity contribution >= 4 is 21.9 Å². The van der Waals surface area contributed by atoms with Crippen LogP contribution in [0.5, 0.6) is 0 Å². The summed E-state index contributed by atoms with van der Waals surface area (Å²) in [4.78, 5) is 4.85. The highest BCUT2D eigenvalue weighted by molar-refractivity contribution is 7.16. The number of rotatable bonds is 9. The van der Waals surface area contributed by atoms with Gasteiger partial charge in [-0.25, -0.2) is 4.98 Å². The summed E-state index contributed by atoms with van der Waals surface area (Å²) in [6, 6.07) is 17.1. The monoisotopic (exact) mass is 482 g/mol. The second-order valence-electron chi connectivity index (χ2n) is 8.62. The van der Waals surface area contributed by atoms with E-state index in [1.807, 2.05) is 19.2 Å². The molecule has 3 heteroatoms. The highest BCUT2D eigenvalue weighted by Gasteiger charge is 2.17. The first kappa shape index (κ1) is 26.4. The van der Waals surface area contributed by atoms with Crippen molar-refractivity contribution in [2.75, 3.05) is 12.4 Å². The highest BCUT2D eigenvalue weighted by Crippen LogP contribution is 2.38. The molecule has 0 amide bonds. The van der Waals surface area contributed by atoms with E-state index >= 15 is 0 Å². The Balaban J connectivity index is 0.000000199. The van der Waals surface area contributed by atoms with E-state index in [0.717, 1.165) is 42.8 Å². The van der Waals surface area contributed by atoms with E-state index in [4.69, 9.17) is 4.98 Å². The van der Waals surface area contributed by atoms with Gasteiger partial charge in [-0.1, -0.05) is 99.3 Å². The topological polar surface area (TPSA) is 24.9 Å². The maximum Gasteiger partial charge on any atom is 0.117 e. The molecule has 0 spiro atoms. The second kappa shape index (κ2) is 13.7. The zero-order chi connectivity index (χ0) is 25.0. The number of aryl methyl sites for hydroxylation is 2. The van der Waals surface area contributed by atoms with Crippen LogP contribution in [0.4, 0.5) is 5.00 Å². The van der Waals surface area contributed by atoms with Gasteiger partial charge in [-0.3, -0.25) is 0 Å². The zero-order valence-corrected chi connectivity index (χ0v) is 22.2. The molecular formula is C32H38N2S. The van der Waals surface area contributed by atoms with Crippen molar-refractivity contribution in [3.8, 4) is 11.3 Å². The third kappa shape index (κ3) is 7.16. The smallest absolute Gasteiger partial charge is 0.117 e. The number of anilines is 1. The molecule has 1 heterocycles. The van der Waals surface area contributed by atoms with Gasteiger partial charge in [-0.15, -0.1) is 17.9 Å². The quantitative estimate of drug-likeness (QED) is 0.307. The molecule has 4 rings (SSSR count). The molecule has 182 valence electrons. The lowest BCUT2D eigenvalue weighted by Crippen LogP contribution is -1.95. The number of hydrogen-bond donors (Lipinski definition) is 1. The van der Waals surface area contributed by atoms with E-state index in [9.17, 15) is 0 Å². The van der Waals surface area contributed by atoms with Crippen molar-refractivity contribution in [3.63, 3.8) is 0 Å². The van der Waals surface area contributed by atoms with Gasteiger partial charge in [-0.05, 0) is 54.4 Å². The largest absolute Gasteiger partial charge is 0.378 e. The molecule has 1 aliphatic rings. The Morgan fingerprint density at radius 1 is 1.09 bits per heavy atom. The van der Waals surface area contributed by atoms with Crippen molar-refractivity contribution in [1.82, 2.24) is 4.98 Å². The number of nitrogens with zero attached hydrogens (tertiary/aromatic N) is 1. The van der Waals surface area contributed by atoms with Crippen LogP contribution in [-0.2, 0) is 12.8 Å². The molecule has 0 saturated heterocycles. The lowest BCUT2D eigenvalue weighted by Gasteiger charge is -2.10. The fourth-order valence-electron chi connectivity index (χ4n) is 4.16. The van der Waals surface area contributed by atoms with Crippen molar-refractivity contribution < 1.29 is 0 Å². The van der Waals surface area contributed by atoms with Crippen LogP contribution in [0, 0.1) is 0 Å². The van der Waals surface area contributed by atoms with Crippen molar-refractivity contribution in [1.29, 1.82) is 0 Å². The highest BCUT2D eigenvalue weighted by atomic mass is 32.1. The first-order valence-corrected chi connectivity index (χ1v) is 13.4. The van der Waals surface area contributed by atoms with Gasteiger partial charge in [0.2, 0.25) is 0 Å². The summed E-state index contributed by atoms with van der Waals surface area (Å²) in [5.74, 6) is 0.416. The Hall–Kier alpha value is -3.17. The van der Waals surface area contributed by atoms with Crippen LogP contribution in [0.1, 0.15) is 60.7 Å². The van der Waals surface area contributed by atoms with Crippen LogP contribution in [0.25, 0.3) is 16.8 Å². The summed E-state index contributed by atoms with van der Waals surface area (Å²) < 4.78 is 0. The van der Waals surface area contributed by atoms with Crippen LogP contribution >= 0.6 is 11.3 Å². The van der Waals surface area contributed by atoms with Crippen LogP contribution in [0.3, 0.4) is 0 Å². The summed E-state index contributed by atoms with van der Waals surface area (Å²) in [5, 5.41) is 5.59. The Bertz CT molecular complexity index is 1170. The molecule has 35 heavy (non-hydrogen) atoms. The van der Waals surface area contributed by atoms with Gasteiger partial charge < -0.3 is 5.32 Å². The number of aromatic nitrogens is 1. The third-order valence-electron chi connectivity index (χ3n) is 6.24. The van der Waals surface area contributed by atoms with E-state index in [1.54, 1.807) is 11.3 Å². The van der Waals surface area contributed by atoms with E-state index in [2.05, 4.69) is 99.1 Å². The van der Waals surface area contributed by atoms with Gasteiger partial charge in [0.05, 0.1) is 0 Å². The number of nitrogens with one attached hydrogen (secondary N) is 1. The molecule has 2 nitrogen and oxygen atoms in total. The van der Waals surface area contributed by atoms with Gasteiger partial charge in [0, 0.05) is 18.5 Å². The van der Waals surface area contributed by atoms with Gasteiger partial charge in [0.25, 0.3) is 0 Å². The molecule has 2 aromatic carbocycles. The Morgan fingerprint density at radius 2 is 1.86 bits per heavy atom. The van der Waals surface area contributed by atoms with Crippen LogP contribution in [0.15, 0.2) is 92.1 Å². The Labute approximate surface area is 215 Å². The van der Waals surface area contributed by atoms with Gasteiger partial charge in [0.1, 0.15) is 15.7 Å². The number of benzene rings is 2. The first-order valence-electron chi connectivity index (χ1n) is 12.6. The molecule has 1 N–H and O–H groups in total. The lowest BCUT2D eigenvalue weighted by molar-refractivity contribution is 0.843. The van der Waals surface area contributed by atoms with Crippen LogP contribution in [-0.4, -0.2) is 12.0 Å². The average molecular weight is 483 g/mol. The molecule has 1 unspecified atom stereocenters. The number of allylic oxidation sites excluding steroid dienone is 6. The molecule has 1 aromatic heterocycles. The number of hydrogen-bond acceptors (Lipinski definition) is 3. The Kier molecular flexibility index (Phi) is 10.3.